The third-order valence-corrected chi connectivity index (χ3v) is 5.34. The second-order valence-electron chi connectivity index (χ2n) is 6.98. The summed E-state index contributed by atoms with van der Waals surface area (Å²) < 4.78 is 0. The lowest BCUT2D eigenvalue weighted by atomic mass is 9.84. The summed E-state index contributed by atoms with van der Waals surface area (Å²) in [4.78, 5) is 26.8. The van der Waals surface area contributed by atoms with Gasteiger partial charge in [0.2, 0.25) is 5.91 Å². The number of nitriles is 1. The van der Waals surface area contributed by atoms with Crippen LogP contribution >= 0.6 is 0 Å². The molecule has 1 aromatic heterocycles. The molecule has 2 rings (SSSR count). The smallest absolute Gasteiger partial charge is 0.266 e. The van der Waals surface area contributed by atoms with Gasteiger partial charge in [0, 0.05) is 24.7 Å². The number of aromatic amines is 1. The van der Waals surface area contributed by atoms with E-state index < -0.39 is 0 Å². The number of carbonyl (C=O) groups is 1. The molecule has 4 N–H and O–H groups in total. The largest absolute Gasteiger partial charge is 0.352 e. The van der Waals surface area contributed by atoms with Crippen molar-refractivity contribution in [2.24, 2.45) is 11.7 Å². The fourth-order valence-corrected chi connectivity index (χ4v) is 3.84. The number of rotatable bonds is 6. The van der Waals surface area contributed by atoms with Crippen LogP contribution in [0.2, 0.25) is 0 Å². The highest BCUT2D eigenvalue weighted by molar-refractivity contribution is 5.76. The highest BCUT2D eigenvalue weighted by Crippen LogP contribution is 2.26. The third-order valence-electron chi connectivity index (χ3n) is 5.34. The molecule has 0 aromatic carbocycles. The van der Waals surface area contributed by atoms with Crippen LogP contribution in [0.1, 0.15) is 60.9 Å². The van der Waals surface area contributed by atoms with E-state index in [-0.39, 0.29) is 23.1 Å². The molecule has 1 aromatic rings. The van der Waals surface area contributed by atoms with Crippen LogP contribution in [0.5, 0.6) is 0 Å². The van der Waals surface area contributed by atoms with Crippen molar-refractivity contribution in [3.63, 3.8) is 0 Å². The van der Waals surface area contributed by atoms with Gasteiger partial charge in [-0.25, -0.2) is 0 Å². The second kappa shape index (κ2) is 8.82. The SMILES string of the molecule is Cc1[nH]c(=O)c(C#N)c(C)c1CCC(=O)NC(CN)C1CCCCC1. The van der Waals surface area contributed by atoms with E-state index >= 15 is 0 Å². The van der Waals surface area contributed by atoms with Crippen LogP contribution in [0.4, 0.5) is 0 Å². The molecule has 1 heterocycles. The maximum Gasteiger partial charge on any atom is 0.266 e. The van der Waals surface area contributed by atoms with E-state index in [0.29, 0.717) is 30.9 Å². The molecule has 0 spiro atoms. The van der Waals surface area contributed by atoms with E-state index in [0.717, 1.165) is 24.1 Å². The van der Waals surface area contributed by atoms with E-state index in [4.69, 9.17) is 11.0 Å². The summed E-state index contributed by atoms with van der Waals surface area (Å²) in [5, 5.41) is 12.2. The molecule has 1 amide bonds. The van der Waals surface area contributed by atoms with Gasteiger partial charge in [0.15, 0.2) is 0 Å². The maximum atomic E-state index is 12.4. The number of nitrogens with zero attached hydrogens (tertiary/aromatic N) is 1. The monoisotopic (exact) mass is 344 g/mol. The number of hydrogen-bond donors (Lipinski definition) is 3. The molecule has 0 aliphatic heterocycles. The Bertz CT molecular complexity index is 711. The molecule has 0 saturated heterocycles. The number of nitrogens with one attached hydrogen (secondary N) is 2. The highest BCUT2D eigenvalue weighted by atomic mass is 16.1. The molecule has 1 saturated carbocycles. The lowest BCUT2D eigenvalue weighted by Crippen LogP contribution is -2.46. The Morgan fingerprint density at radius 2 is 2.04 bits per heavy atom. The van der Waals surface area contributed by atoms with E-state index in [1.807, 2.05) is 6.07 Å². The van der Waals surface area contributed by atoms with E-state index in [1.165, 1.54) is 19.3 Å². The summed E-state index contributed by atoms with van der Waals surface area (Å²) in [7, 11) is 0. The Kier molecular flexibility index (Phi) is 6.77. The van der Waals surface area contributed by atoms with Gasteiger partial charge in [-0.3, -0.25) is 9.59 Å². The number of aryl methyl sites for hydroxylation is 1. The number of pyridine rings is 1. The van der Waals surface area contributed by atoms with Crippen LogP contribution < -0.4 is 16.6 Å². The number of H-pyrrole nitrogens is 1. The van der Waals surface area contributed by atoms with Crippen molar-refractivity contribution in [1.29, 1.82) is 5.26 Å². The zero-order valence-corrected chi connectivity index (χ0v) is 15.2. The molecule has 6 heteroatoms. The van der Waals surface area contributed by atoms with E-state index in [1.54, 1.807) is 13.8 Å². The summed E-state index contributed by atoms with van der Waals surface area (Å²) in [5.41, 5.74) is 7.88. The predicted molar refractivity (Wildman–Crippen MR) is 97.1 cm³/mol. The topological polar surface area (TPSA) is 112 Å². The number of aromatic nitrogens is 1. The number of hydrogen-bond acceptors (Lipinski definition) is 4. The predicted octanol–water partition coefficient (Wildman–Crippen LogP) is 1.82. The summed E-state index contributed by atoms with van der Waals surface area (Å²) in [6.07, 6.45) is 6.78. The van der Waals surface area contributed by atoms with E-state index in [9.17, 15) is 9.59 Å². The van der Waals surface area contributed by atoms with Gasteiger partial charge in [0.1, 0.15) is 11.6 Å². The lowest BCUT2D eigenvalue weighted by Gasteiger charge is -2.30. The first kappa shape index (κ1) is 19.2. The molecular weight excluding hydrogens is 316 g/mol. The molecule has 1 atom stereocenters. The normalized spacial score (nSPS) is 16.2. The molecule has 6 nitrogen and oxygen atoms in total. The molecule has 1 aliphatic rings. The average Bonchev–Trinajstić information content (AvgIpc) is 2.60. The molecule has 136 valence electrons. The first-order valence-corrected chi connectivity index (χ1v) is 9.09. The van der Waals surface area contributed by atoms with Gasteiger partial charge < -0.3 is 16.0 Å². The van der Waals surface area contributed by atoms with Crippen LogP contribution in [-0.4, -0.2) is 23.5 Å². The molecule has 0 bridgehead atoms. The van der Waals surface area contributed by atoms with Crippen LogP contribution in [0.3, 0.4) is 0 Å². The van der Waals surface area contributed by atoms with Gasteiger partial charge in [-0.1, -0.05) is 19.3 Å². The van der Waals surface area contributed by atoms with Crippen LogP contribution in [0.25, 0.3) is 0 Å². The van der Waals surface area contributed by atoms with Gasteiger partial charge in [-0.15, -0.1) is 0 Å². The molecule has 0 radical (unpaired) electrons. The zero-order valence-electron chi connectivity index (χ0n) is 15.2. The molecule has 1 fully saturated rings. The van der Waals surface area contributed by atoms with Crippen molar-refractivity contribution >= 4 is 5.91 Å². The van der Waals surface area contributed by atoms with Gasteiger partial charge in [-0.05, 0) is 50.2 Å². The standard InChI is InChI=1S/C19H28N4O2/c1-12-15(13(2)22-19(25)16(12)10-20)8-9-18(24)23-17(11-21)14-6-4-3-5-7-14/h14,17H,3-9,11,21H2,1-2H3,(H,22,25)(H,23,24). The Morgan fingerprint density at radius 3 is 2.64 bits per heavy atom. The lowest BCUT2D eigenvalue weighted by molar-refractivity contribution is -0.122. The first-order chi connectivity index (χ1) is 12.0. The minimum Gasteiger partial charge on any atom is -0.352 e. The molecular formula is C19H28N4O2. The minimum atomic E-state index is -0.369. The Balaban J connectivity index is 2.00. The molecule has 25 heavy (non-hydrogen) atoms. The highest BCUT2D eigenvalue weighted by Gasteiger charge is 2.24. The van der Waals surface area contributed by atoms with Gasteiger partial charge in [0.05, 0.1) is 0 Å². The summed E-state index contributed by atoms with van der Waals surface area (Å²) in [6, 6.07) is 1.98. The Morgan fingerprint density at radius 1 is 1.36 bits per heavy atom. The van der Waals surface area contributed by atoms with E-state index in [2.05, 4.69) is 10.3 Å². The zero-order chi connectivity index (χ0) is 18.4. The maximum absolute atomic E-state index is 12.4. The van der Waals surface area contributed by atoms with Crippen LogP contribution in [0.15, 0.2) is 4.79 Å². The van der Waals surface area contributed by atoms with Crippen molar-refractivity contribution in [3.05, 3.63) is 32.7 Å². The Hall–Kier alpha value is -2.13. The van der Waals surface area contributed by atoms with Crippen molar-refractivity contribution < 1.29 is 4.79 Å². The number of nitrogens with two attached hydrogens (primary N) is 1. The Labute approximate surface area is 148 Å². The fourth-order valence-electron chi connectivity index (χ4n) is 3.84. The van der Waals surface area contributed by atoms with Gasteiger partial charge in [0.25, 0.3) is 5.56 Å². The first-order valence-electron chi connectivity index (χ1n) is 9.09. The minimum absolute atomic E-state index is 0.0236. The van der Waals surface area contributed by atoms with Crippen molar-refractivity contribution in [1.82, 2.24) is 10.3 Å². The van der Waals surface area contributed by atoms with Crippen molar-refractivity contribution in [2.75, 3.05) is 6.54 Å². The summed E-state index contributed by atoms with van der Waals surface area (Å²) >= 11 is 0. The van der Waals surface area contributed by atoms with Gasteiger partial charge in [-0.2, -0.15) is 5.26 Å². The van der Waals surface area contributed by atoms with Crippen molar-refractivity contribution in [2.45, 2.75) is 64.8 Å². The molecule has 1 aliphatic carbocycles. The van der Waals surface area contributed by atoms with Crippen molar-refractivity contribution in [3.8, 4) is 6.07 Å². The van der Waals surface area contributed by atoms with Gasteiger partial charge >= 0.3 is 0 Å². The molecule has 1 unspecified atom stereocenters. The van der Waals surface area contributed by atoms with Crippen LogP contribution in [-0.2, 0) is 11.2 Å². The summed E-state index contributed by atoms with van der Waals surface area (Å²) in [6.45, 7) is 4.03. The second-order valence-corrected chi connectivity index (χ2v) is 6.98. The summed E-state index contributed by atoms with van der Waals surface area (Å²) in [5.74, 6) is 0.453. The number of carbonyl (C=O) groups excluding carboxylic acids is 1. The fraction of sp³-hybridized carbons (Fsp3) is 0.632. The number of amides is 1. The quantitative estimate of drug-likeness (QED) is 0.730. The van der Waals surface area contributed by atoms with Crippen LogP contribution in [0, 0.1) is 31.1 Å². The average molecular weight is 344 g/mol. The third kappa shape index (κ3) is 4.70.